The predicted octanol–water partition coefficient (Wildman–Crippen LogP) is 6.37. The van der Waals surface area contributed by atoms with Crippen molar-refractivity contribution >= 4 is 39.3 Å². The van der Waals surface area contributed by atoms with Gasteiger partial charge in [-0.1, -0.05) is 24.4 Å². The highest BCUT2D eigenvalue weighted by Gasteiger charge is 2.10. The van der Waals surface area contributed by atoms with Gasteiger partial charge in [0.1, 0.15) is 17.7 Å². The van der Waals surface area contributed by atoms with E-state index in [1.807, 2.05) is 25.1 Å². The van der Waals surface area contributed by atoms with Crippen molar-refractivity contribution in [3.05, 3.63) is 63.2 Å². The maximum atomic E-state index is 8.81. The lowest BCUT2D eigenvalue weighted by molar-refractivity contribution is 1.46. The third kappa shape index (κ3) is 4.46. The molecule has 0 unspecified atom stereocenters. The summed E-state index contributed by atoms with van der Waals surface area (Å²) in [4.78, 5) is 6.73. The highest BCUT2D eigenvalue weighted by atomic mass is 32.2. The molecule has 2 heterocycles. The lowest BCUT2D eigenvalue weighted by Crippen LogP contribution is -1.77. The molecule has 0 radical (unpaired) electrons. The molecule has 2 aromatic rings. The van der Waals surface area contributed by atoms with Gasteiger partial charge in [-0.05, 0) is 44.2 Å². The maximum Gasteiger partial charge on any atom is 0.130 e. The Balaban J connectivity index is 2.19. The van der Waals surface area contributed by atoms with E-state index in [1.54, 1.807) is 22.7 Å². The molecule has 0 aliphatic heterocycles. The van der Waals surface area contributed by atoms with E-state index in [4.69, 9.17) is 10.5 Å². The molecule has 2 aromatic heterocycles. The molecule has 0 fully saturated rings. The molecule has 0 saturated carbocycles. The Morgan fingerprint density at radius 2 is 1.78 bits per heavy atom. The zero-order valence-corrected chi connectivity index (χ0v) is 15.2. The van der Waals surface area contributed by atoms with Gasteiger partial charge in [-0.25, -0.2) is 0 Å². The van der Waals surface area contributed by atoms with Crippen molar-refractivity contribution in [2.75, 3.05) is 0 Å². The molecule has 2 nitrogen and oxygen atoms in total. The molecule has 114 valence electrons. The third-order valence-corrected chi connectivity index (χ3v) is 6.38. The van der Waals surface area contributed by atoms with Crippen molar-refractivity contribution in [1.29, 1.82) is 10.5 Å². The second kappa shape index (κ2) is 7.99. The van der Waals surface area contributed by atoms with Crippen molar-refractivity contribution in [2.45, 2.75) is 13.8 Å². The number of rotatable bonds is 5. The minimum Gasteiger partial charge on any atom is -0.192 e. The van der Waals surface area contributed by atoms with Gasteiger partial charge in [-0.2, -0.15) is 10.5 Å². The Morgan fingerprint density at radius 3 is 2.35 bits per heavy atom. The average Bonchev–Trinajstić information content (AvgIpc) is 3.19. The Hall–Kier alpha value is -2.05. The first-order valence-electron chi connectivity index (χ1n) is 6.79. The highest BCUT2D eigenvalue weighted by molar-refractivity contribution is 8.12. The Kier molecular flexibility index (Phi) is 6.01. The summed E-state index contributed by atoms with van der Waals surface area (Å²) in [6, 6.07) is 12.2. The summed E-state index contributed by atoms with van der Waals surface area (Å²) < 4.78 is 0. The SMILES string of the molecule is C=C(C=C(C#N)C#N)S/C(=C\C)c1ccc(-c2ccc(C)s2)s1. The van der Waals surface area contributed by atoms with Crippen LogP contribution in [0.5, 0.6) is 0 Å². The van der Waals surface area contributed by atoms with E-state index in [1.165, 1.54) is 32.5 Å². The van der Waals surface area contributed by atoms with Crippen LogP contribution < -0.4 is 0 Å². The van der Waals surface area contributed by atoms with Gasteiger partial charge in [0.25, 0.3) is 0 Å². The van der Waals surface area contributed by atoms with Crippen LogP contribution in [-0.4, -0.2) is 0 Å². The van der Waals surface area contributed by atoms with Crippen LogP contribution in [0.15, 0.2) is 53.5 Å². The first-order valence-corrected chi connectivity index (χ1v) is 9.24. The molecular weight excluding hydrogens is 340 g/mol. The summed E-state index contributed by atoms with van der Waals surface area (Å²) in [6.45, 7) is 8.00. The van der Waals surface area contributed by atoms with Gasteiger partial charge in [0.2, 0.25) is 0 Å². The molecule has 23 heavy (non-hydrogen) atoms. The number of hydrogen-bond acceptors (Lipinski definition) is 5. The van der Waals surface area contributed by atoms with Crippen LogP contribution in [0.25, 0.3) is 14.7 Å². The van der Waals surface area contributed by atoms with E-state index in [2.05, 4.69) is 37.8 Å². The molecule has 0 saturated heterocycles. The molecule has 0 N–H and O–H groups in total. The van der Waals surface area contributed by atoms with Crippen molar-refractivity contribution in [3.8, 4) is 21.9 Å². The van der Waals surface area contributed by atoms with Crippen molar-refractivity contribution < 1.29 is 0 Å². The molecule has 2 rings (SSSR count). The monoisotopic (exact) mass is 354 g/mol. The van der Waals surface area contributed by atoms with Gasteiger partial charge >= 0.3 is 0 Å². The minimum atomic E-state index is 0.0684. The van der Waals surface area contributed by atoms with Crippen molar-refractivity contribution in [3.63, 3.8) is 0 Å². The fourth-order valence-electron chi connectivity index (χ4n) is 1.84. The normalized spacial score (nSPS) is 10.7. The zero-order valence-electron chi connectivity index (χ0n) is 12.8. The number of allylic oxidation sites excluding steroid dienone is 3. The standard InChI is InChI=1S/C18H14N2S3/c1-4-15(22-13(3)9-14(10-19)11-20)16-7-8-18(23-16)17-6-5-12(2)21-17/h4-9H,3H2,1-2H3/b15-4-. The molecule has 5 heteroatoms. The van der Waals surface area contributed by atoms with E-state index in [-0.39, 0.29) is 5.57 Å². The summed E-state index contributed by atoms with van der Waals surface area (Å²) in [7, 11) is 0. The largest absolute Gasteiger partial charge is 0.192 e. The molecule has 0 atom stereocenters. The Bertz CT molecular complexity index is 851. The van der Waals surface area contributed by atoms with Crippen LogP contribution in [-0.2, 0) is 0 Å². The van der Waals surface area contributed by atoms with Crippen LogP contribution in [0.2, 0.25) is 0 Å². The second-order valence-corrected chi connectivity index (χ2v) is 8.12. The number of nitrogens with zero attached hydrogens (tertiary/aromatic N) is 2. The van der Waals surface area contributed by atoms with E-state index in [0.717, 1.165) is 9.78 Å². The lowest BCUT2D eigenvalue weighted by Gasteiger charge is -2.03. The van der Waals surface area contributed by atoms with Crippen LogP contribution in [0.1, 0.15) is 16.7 Å². The smallest absolute Gasteiger partial charge is 0.130 e. The third-order valence-electron chi connectivity index (χ3n) is 2.88. The van der Waals surface area contributed by atoms with Gasteiger partial charge < -0.3 is 0 Å². The zero-order chi connectivity index (χ0) is 16.8. The average molecular weight is 355 g/mol. The summed E-state index contributed by atoms with van der Waals surface area (Å²) in [5.41, 5.74) is 0.0684. The molecule has 0 spiro atoms. The fraction of sp³-hybridized carbons (Fsp3) is 0.111. The Morgan fingerprint density at radius 1 is 1.13 bits per heavy atom. The van der Waals surface area contributed by atoms with E-state index < -0.39 is 0 Å². The number of thioether (sulfide) groups is 1. The van der Waals surface area contributed by atoms with Crippen LogP contribution in [0, 0.1) is 29.6 Å². The molecule has 0 bridgehead atoms. The van der Waals surface area contributed by atoms with E-state index in [0.29, 0.717) is 4.91 Å². The van der Waals surface area contributed by atoms with Crippen LogP contribution in [0.4, 0.5) is 0 Å². The molecule has 0 aromatic carbocycles. The quantitative estimate of drug-likeness (QED) is 0.463. The maximum absolute atomic E-state index is 8.81. The first-order chi connectivity index (χ1) is 11.1. The topological polar surface area (TPSA) is 47.6 Å². The predicted molar refractivity (Wildman–Crippen MR) is 102 cm³/mol. The highest BCUT2D eigenvalue weighted by Crippen LogP contribution is 2.41. The van der Waals surface area contributed by atoms with E-state index in [9.17, 15) is 0 Å². The molecule has 0 aliphatic rings. The van der Waals surface area contributed by atoms with Crippen LogP contribution >= 0.6 is 34.4 Å². The minimum absolute atomic E-state index is 0.0684. The van der Waals surface area contributed by atoms with Gasteiger partial charge in [-0.15, -0.1) is 22.7 Å². The fourth-order valence-corrected chi connectivity index (χ4v) is 4.77. The van der Waals surface area contributed by atoms with E-state index >= 15 is 0 Å². The molecule has 0 amide bonds. The summed E-state index contributed by atoms with van der Waals surface area (Å²) in [5.74, 6) is 0. The second-order valence-electron chi connectivity index (χ2n) is 4.58. The number of thiophene rings is 2. The number of aryl methyl sites for hydroxylation is 1. The van der Waals surface area contributed by atoms with Gasteiger partial charge in [0.15, 0.2) is 0 Å². The molecular formula is C18H14N2S3. The number of hydrogen-bond donors (Lipinski definition) is 0. The first kappa shape index (κ1) is 17.3. The summed E-state index contributed by atoms with van der Waals surface area (Å²) in [5, 5.41) is 17.6. The van der Waals surface area contributed by atoms with Gasteiger partial charge in [-0.3, -0.25) is 0 Å². The van der Waals surface area contributed by atoms with Gasteiger partial charge in [0, 0.05) is 29.3 Å². The van der Waals surface area contributed by atoms with Crippen LogP contribution in [0.3, 0.4) is 0 Å². The summed E-state index contributed by atoms with van der Waals surface area (Å²) in [6.07, 6.45) is 3.54. The Labute approximate surface area is 148 Å². The van der Waals surface area contributed by atoms with Crippen molar-refractivity contribution in [2.24, 2.45) is 0 Å². The lowest BCUT2D eigenvalue weighted by atomic mass is 10.3. The van der Waals surface area contributed by atoms with Gasteiger partial charge in [0.05, 0.1) is 0 Å². The molecule has 0 aliphatic carbocycles. The number of nitriles is 2. The summed E-state index contributed by atoms with van der Waals surface area (Å²) >= 11 is 4.99. The van der Waals surface area contributed by atoms with Crippen molar-refractivity contribution in [1.82, 2.24) is 0 Å².